The highest BCUT2D eigenvalue weighted by atomic mass is 32.2. The number of carboxylic acids is 2. The molecule has 0 saturated heterocycles. The fourth-order valence-corrected chi connectivity index (χ4v) is 3.83. The molecule has 0 aliphatic heterocycles. The second-order valence-corrected chi connectivity index (χ2v) is 10.3. The lowest BCUT2D eigenvalue weighted by atomic mass is 9.97. The number of rotatable bonds is 17. The van der Waals surface area contributed by atoms with Gasteiger partial charge in [0.1, 0.15) is 24.7 Å². The SMILES string of the molecule is C#CCNC(=O)C(NC=O)c1ccc(C(N)(N)C(F)(F)F)cc1.CCSCC(NC(=O)CCC(N)C(=O)O)C(=O)NCC(=O)O. The molecule has 12 N–H and O–H groups in total. The molecule has 3 atom stereocenters. The Kier molecular flexibility index (Phi) is 17.9. The highest BCUT2D eigenvalue weighted by molar-refractivity contribution is 7.99. The third kappa shape index (κ3) is 14.8. The van der Waals surface area contributed by atoms with Crippen LogP contribution in [-0.2, 0) is 34.4 Å². The van der Waals surface area contributed by atoms with Gasteiger partial charge in [-0.1, -0.05) is 37.1 Å². The van der Waals surface area contributed by atoms with E-state index >= 15 is 0 Å². The first-order chi connectivity index (χ1) is 20.9. The summed E-state index contributed by atoms with van der Waals surface area (Å²) in [5.74, 6) is -0.902. The number of hydrogen-bond donors (Lipinski definition) is 9. The first kappa shape index (κ1) is 40.6. The van der Waals surface area contributed by atoms with Crippen molar-refractivity contribution in [3.05, 3.63) is 35.4 Å². The minimum absolute atomic E-state index is 0.0500. The van der Waals surface area contributed by atoms with Crippen molar-refractivity contribution in [3.8, 4) is 12.3 Å². The summed E-state index contributed by atoms with van der Waals surface area (Å²) >= 11 is 1.41. The van der Waals surface area contributed by atoms with E-state index in [1.807, 2.05) is 6.92 Å². The second-order valence-electron chi connectivity index (χ2n) is 9.00. The van der Waals surface area contributed by atoms with Gasteiger partial charge in [0, 0.05) is 12.2 Å². The fraction of sp³-hybridized carbons (Fsp3) is 0.462. The summed E-state index contributed by atoms with van der Waals surface area (Å²) in [5, 5.41) is 26.4. The minimum Gasteiger partial charge on any atom is -0.480 e. The topological polar surface area (TPSA) is 269 Å². The first-order valence-electron chi connectivity index (χ1n) is 12.9. The average Bonchev–Trinajstić information content (AvgIpc) is 2.97. The number of halogens is 3. The molecule has 1 aromatic carbocycles. The number of hydrogen-bond acceptors (Lipinski definition) is 10. The predicted molar refractivity (Wildman–Crippen MR) is 157 cm³/mol. The molecule has 0 bridgehead atoms. The molecule has 45 heavy (non-hydrogen) atoms. The molecule has 0 fully saturated rings. The molecule has 0 saturated carbocycles. The summed E-state index contributed by atoms with van der Waals surface area (Å²) in [6, 6.07) is 1.38. The summed E-state index contributed by atoms with van der Waals surface area (Å²) in [7, 11) is 0. The lowest BCUT2D eigenvalue weighted by Gasteiger charge is -2.28. The van der Waals surface area contributed by atoms with Gasteiger partial charge in [-0.3, -0.25) is 28.8 Å². The van der Waals surface area contributed by atoms with Gasteiger partial charge in [0.15, 0.2) is 5.66 Å². The number of alkyl halides is 3. The number of aliphatic carboxylic acids is 2. The van der Waals surface area contributed by atoms with Crippen molar-refractivity contribution in [2.24, 2.45) is 17.2 Å². The zero-order chi connectivity index (χ0) is 34.8. The molecule has 4 amide bonds. The summed E-state index contributed by atoms with van der Waals surface area (Å²) < 4.78 is 38.3. The summed E-state index contributed by atoms with van der Waals surface area (Å²) in [4.78, 5) is 67.0. The molecule has 1 aromatic rings. The van der Waals surface area contributed by atoms with Gasteiger partial charge in [0.2, 0.25) is 24.1 Å². The van der Waals surface area contributed by atoms with Crippen molar-refractivity contribution < 1.29 is 52.2 Å². The van der Waals surface area contributed by atoms with Crippen molar-refractivity contribution in [2.75, 3.05) is 24.6 Å². The number of terminal acetylenes is 1. The van der Waals surface area contributed by atoms with E-state index in [0.717, 1.165) is 17.9 Å². The Morgan fingerprint density at radius 3 is 2.13 bits per heavy atom. The molecule has 19 heteroatoms. The van der Waals surface area contributed by atoms with E-state index in [4.69, 9.17) is 33.8 Å². The number of nitrogens with one attached hydrogen (secondary N) is 4. The molecule has 0 aliphatic carbocycles. The molecule has 0 spiro atoms. The van der Waals surface area contributed by atoms with Gasteiger partial charge in [-0.2, -0.15) is 24.9 Å². The number of benzene rings is 1. The average molecular weight is 664 g/mol. The highest BCUT2D eigenvalue weighted by Gasteiger charge is 2.50. The molecule has 0 heterocycles. The van der Waals surface area contributed by atoms with Crippen LogP contribution < -0.4 is 38.5 Å². The minimum atomic E-state index is -4.85. The predicted octanol–water partition coefficient (Wildman–Crippen LogP) is -1.53. The van der Waals surface area contributed by atoms with Crippen LogP contribution in [-0.4, -0.2) is 89.1 Å². The van der Waals surface area contributed by atoms with Crippen LogP contribution >= 0.6 is 11.8 Å². The van der Waals surface area contributed by atoms with Gasteiger partial charge < -0.3 is 48.7 Å². The number of carbonyl (C=O) groups excluding carboxylic acids is 4. The summed E-state index contributed by atoms with van der Waals surface area (Å²) in [5.41, 5.74) is 12.3. The Hall–Kier alpha value is -4.38. The first-order valence-corrected chi connectivity index (χ1v) is 14.1. The van der Waals surface area contributed by atoms with E-state index in [-0.39, 0.29) is 30.5 Å². The van der Waals surface area contributed by atoms with Crippen molar-refractivity contribution in [1.29, 1.82) is 0 Å². The van der Waals surface area contributed by atoms with Crippen LogP contribution in [0, 0.1) is 12.3 Å². The summed E-state index contributed by atoms with van der Waals surface area (Å²) in [6.45, 7) is 1.28. The Balaban J connectivity index is 0.000000862. The third-order valence-corrected chi connectivity index (χ3v) is 6.58. The Morgan fingerprint density at radius 1 is 1.07 bits per heavy atom. The van der Waals surface area contributed by atoms with Crippen molar-refractivity contribution >= 4 is 47.8 Å². The molecular formula is C26H36F3N7O8S. The number of amides is 4. The van der Waals surface area contributed by atoms with Gasteiger partial charge in [-0.05, 0) is 23.3 Å². The van der Waals surface area contributed by atoms with Gasteiger partial charge in [0.05, 0.1) is 6.54 Å². The van der Waals surface area contributed by atoms with E-state index in [0.29, 0.717) is 12.2 Å². The Labute approximate surface area is 260 Å². The van der Waals surface area contributed by atoms with Gasteiger partial charge >= 0.3 is 18.1 Å². The van der Waals surface area contributed by atoms with E-state index < -0.39 is 66.2 Å². The molecule has 15 nitrogen and oxygen atoms in total. The molecule has 3 unspecified atom stereocenters. The maximum Gasteiger partial charge on any atom is 0.423 e. The molecule has 0 radical (unpaired) electrons. The maximum absolute atomic E-state index is 12.8. The molecule has 250 valence electrons. The van der Waals surface area contributed by atoms with Crippen LogP contribution in [0.5, 0.6) is 0 Å². The number of thioether (sulfide) groups is 1. The Morgan fingerprint density at radius 2 is 1.67 bits per heavy atom. The zero-order valence-electron chi connectivity index (χ0n) is 24.1. The lowest BCUT2D eigenvalue weighted by molar-refractivity contribution is -0.188. The van der Waals surface area contributed by atoms with Crippen molar-refractivity contribution in [1.82, 2.24) is 21.3 Å². The van der Waals surface area contributed by atoms with Crippen LogP contribution in [0.2, 0.25) is 0 Å². The monoisotopic (exact) mass is 663 g/mol. The van der Waals surface area contributed by atoms with Crippen LogP contribution in [0.1, 0.15) is 36.9 Å². The quantitative estimate of drug-likeness (QED) is 0.0522. The highest BCUT2D eigenvalue weighted by Crippen LogP contribution is 2.32. The normalized spacial score (nSPS) is 12.9. The molecule has 0 aliphatic rings. The standard InChI is InChI=1S/C14H15F3N4O2.C12H21N3O6S/c1-2-7-20-12(23)11(21-8-22)9-3-5-10(6-4-9)13(18,19)14(15,16)17;1-2-22-6-8(11(19)14-5-10(17)18)15-9(16)4-3-7(13)12(20)21/h1,3-6,8,11H,7,18-19H2,(H,20,23)(H,21,22);7-8H,2-6,13H2,1H3,(H,14,19)(H,15,16)(H,17,18)(H,20,21). The zero-order valence-corrected chi connectivity index (χ0v) is 24.9. The van der Waals surface area contributed by atoms with E-state index in [1.54, 1.807) is 0 Å². The van der Waals surface area contributed by atoms with Gasteiger partial charge in [0.25, 0.3) is 0 Å². The summed E-state index contributed by atoms with van der Waals surface area (Å²) in [6.07, 6.45) is 0.271. The van der Waals surface area contributed by atoms with Crippen LogP contribution in [0.3, 0.4) is 0 Å². The second kappa shape index (κ2) is 19.8. The largest absolute Gasteiger partial charge is 0.480 e. The molecular weight excluding hydrogens is 627 g/mol. The number of nitrogens with two attached hydrogens (primary N) is 3. The maximum atomic E-state index is 12.8. The number of carbonyl (C=O) groups is 6. The van der Waals surface area contributed by atoms with Crippen LogP contribution in [0.4, 0.5) is 13.2 Å². The fourth-order valence-electron chi connectivity index (χ4n) is 3.13. The molecule has 0 aromatic heterocycles. The van der Waals surface area contributed by atoms with Crippen LogP contribution in [0.25, 0.3) is 0 Å². The van der Waals surface area contributed by atoms with Gasteiger partial charge in [-0.15, -0.1) is 6.42 Å². The Bertz CT molecular complexity index is 1210. The third-order valence-electron chi connectivity index (χ3n) is 5.61. The number of carboxylic acid groups (broad SMARTS) is 2. The smallest absolute Gasteiger partial charge is 0.423 e. The van der Waals surface area contributed by atoms with Gasteiger partial charge in [-0.25, -0.2) is 0 Å². The van der Waals surface area contributed by atoms with Crippen molar-refractivity contribution in [3.63, 3.8) is 0 Å². The van der Waals surface area contributed by atoms with E-state index in [9.17, 15) is 41.9 Å². The van der Waals surface area contributed by atoms with Crippen molar-refractivity contribution in [2.45, 2.75) is 49.7 Å². The van der Waals surface area contributed by atoms with E-state index in [2.05, 4.69) is 27.2 Å². The van der Waals surface area contributed by atoms with Crippen LogP contribution in [0.15, 0.2) is 24.3 Å². The van der Waals surface area contributed by atoms with E-state index in [1.165, 1.54) is 23.9 Å². The lowest BCUT2D eigenvalue weighted by Crippen LogP contribution is -2.57. The molecule has 1 rings (SSSR count).